The van der Waals surface area contributed by atoms with Gasteiger partial charge in [0.15, 0.2) is 0 Å². The third-order valence-electron chi connectivity index (χ3n) is 4.12. The molecule has 156 valence electrons. The van der Waals surface area contributed by atoms with Gasteiger partial charge in [-0.3, -0.25) is 9.59 Å². The van der Waals surface area contributed by atoms with Crippen molar-refractivity contribution in [1.29, 1.82) is 0 Å². The zero-order valence-corrected chi connectivity index (χ0v) is 15.9. The van der Waals surface area contributed by atoms with Crippen molar-refractivity contribution < 1.29 is 32.3 Å². The number of alkyl halides is 2. The molecule has 0 aromatic heterocycles. The van der Waals surface area contributed by atoms with E-state index in [1.165, 1.54) is 32.9 Å². The molecule has 2 amide bonds. The van der Waals surface area contributed by atoms with E-state index in [9.17, 15) is 27.2 Å². The molecule has 0 heterocycles. The summed E-state index contributed by atoms with van der Waals surface area (Å²) in [4.78, 5) is 24.3. The Hall–Kier alpha value is -2.94. The number of benzene rings is 2. The van der Waals surface area contributed by atoms with Crippen molar-refractivity contribution in [1.82, 2.24) is 5.32 Å². The molecule has 29 heavy (non-hydrogen) atoms. The van der Waals surface area contributed by atoms with Crippen LogP contribution >= 0.6 is 0 Å². The van der Waals surface area contributed by atoms with E-state index in [4.69, 9.17) is 5.11 Å². The van der Waals surface area contributed by atoms with Gasteiger partial charge in [0.1, 0.15) is 11.6 Å². The number of aliphatic hydroxyl groups is 1. The van der Waals surface area contributed by atoms with Crippen molar-refractivity contribution in [3.63, 3.8) is 0 Å². The van der Waals surface area contributed by atoms with Crippen molar-refractivity contribution in [3.8, 4) is 0 Å². The molecule has 2 aromatic carbocycles. The summed E-state index contributed by atoms with van der Waals surface area (Å²) in [5.74, 6) is -8.81. The Morgan fingerprint density at radius 3 is 2.24 bits per heavy atom. The van der Waals surface area contributed by atoms with Crippen LogP contribution in [0.5, 0.6) is 0 Å². The molecule has 0 radical (unpaired) electrons. The first kappa shape index (κ1) is 22.4. The van der Waals surface area contributed by atoms with E-state index in [1.807, 2.05) is 5.32 Å². The van der Waals surface area contributed by atoms with Crippen molar-refractivity contribution in [2.24, 2.45) is 0 Å². The van der Waals surface area contributed by atoms with E-state index < -0.39 is 47.1 Å². The molecule has 0 saturated carbocycles. The normalized spacial score (nSPS) is 11.9. The molecule has 0 fully saturated rings. The Kier molecular flexibility index (Phi) is 6.32. The average Bonchev–Trinajstić information content (AvgIpc) is 2.64. The molecule has 2 aromatic rings. The standard InChI is InChI=1S/C20H20F4N2O3/c1-11-8-13(5-7-15(11)21)25-17(28)12-4-6-16(22)14(9-12)20(23,24)18(29)26-19(2,3)10-27/h4-9,27H,10H2,1-3H3,(H,25,28)(H,26,29). The van der Waals surface area contributed by atoms with Gasteiger partial charge in [-0.25, -0.2) is 8.78 Å². The van der Waals surface area contributed by atoms with E-state index in [2.05, 4.69) is 5.32 Å². The van der Waals surface area contributed by atoms with Gasteiger partial charge in [0.05, 0.1) is 17.7 Å². The number of hydrogen-bond acceptors (Lipinski definition) is 3. The number of nitrogens with one attached hydrogen (secondary N) is 2. The minimum Gasteiger partial charge on any atom is -0.394 e. The smallest absolute Gasteiger partial charge is 0.352 e. The lowest BCUT2D eigenvalue weighted by molar-refractivity contribution is -0.149. The van der Waals surface area contributed by atoms with Gasteiger partial charge >= 0.3 is 5.92 Å². The van der Waals surface area contributed by atoms with Crippen molar-refractivity contribution in [2.45, 2.75) is 32.2 Å². The maximum absolute atomic E-state index is 14.5. The van der Waals surface area contributed by atoms with E-state index in [0.717, 1.165) is 12.1 Å². The predicted molar refractivity (Wildman–Crippen MR) is 98.7 cm³/mol. The quantitative estimate of drug-likeness (QED) is 0.636. The fourth-order valence-corrected chi connectivity index (χ4v) is 2.38. The first-order chi connectivity index (χ1) is 13.4. The van der Waals surface area contributed by atoms with Gasteiger partial charge in [-0.2, -0.15) is 8.78 Å². The number of carbonyl (C=O) groups excluding carboxylic acids is 2. The SMILES string of the molecule is Cc1cc(NC(=O)c2ccc(F)c(C(F)(F)C(=O)NC(C)(C)CO)c2)ccc1F. The maximum Gasteiger partial charge on any atom is 0.352 e. The second-order valence-electron chi connectivity index (χ2n) is 7.18. The molecule has 0 aliphatic carbocycles. The number of amides is 2. The Bertz CT molecular complexity index is 945. The Morgan fingerprint density at radius 2 is 1.66 bits per heavy atom. The van der Waals surface area contributed by atoms with Gasteiger partial charge in [-0.05, 0) is 62.7 Å². The van der Waals surface area contributed by atoms with E-state index in [1.54, 1.807) is 0 Å². The van der Waals surface area contributed by atoms with Crippen LogP contribution in [0.15, 0.2) is 36.4 Å². The van der Waals surface area contributed by atoms with Gasteiger partial charge in [0.2, 0.25) is 0 Å². The first-order valence-corrected chi connectivity index (χ1v) is 8.56. The largest absolute Gasteiger partial charge is 0.394 e. The highest BCUT2D eigenvalue weighted by Crippen LogP contribution is 2.32. The molecular weight excluding hydrogens is 392 g/mol. The van der Waals surface area contributed by atoms with Crippen molar-refractivity contribution in [2.75, 3.05) is 11.9 Å². The fourth-order valence-electron chi connectivity index (χ4n) is 2.38. The highest BCUT2D eigenvalue weighted by atomic mass is 19.3. The summed E-state index contributed by atoms with van der Waals surface area (Å²) in [7, 11) is 0. The lowest BCUT2D eigenvalue weighted by atomic mass is 10.0. The third-order valence-corrected chi connectivity index (χ3v) is 4.12. The maximum atomic E-state index is 14.5. The average molecular weight is 412 g/mol. The van der Waals surface area contributed by atoms with E-state index in [0.29, 0.717) is 12.1 Å². The topological polar surface area (TPSA) is 78.4 Å². The molecule has 0 spiro atoms. The second-order valence-corrected chi connectivity index (χ2v) is 7.18. The number of carbonyl (C=O) groups is 2. The van der Waals surface area contributed by atoms with Gasteiger partial charge in [-0.15, -0.1) is 0 Å². The monoisotopic (exact) mass is 412 g/mol. The molecule has 2 rings (SSSR count). The predicted octanol–water partition coefficient (Wildman–Crippen LogP) is 3.50. The fraction of sp³-hybridized carbons (Fsp3) is 0.300. The molecule has 0 saturated heterocycles. The zero-order valence-electron chi connectivity index (χ0n) is 15.9. The highest BCUT2D eigenvalue weighted by Gasteiger charge is 2.45. The van der Waals surface area contributed by atoms with Crippen molar-refractivity contribution in [3.05, 3.63) is 64.7 Å². The third kappa shape index (κ3) is 5.11. The van der Waals surface area contributed by atoms with Crippen LogP contribution in [0.1, 0.15) is 35.3 Å². The summed E-state index contributed by atoms with van der Waals surface area (Å²) in [6.45, 7) is 3.49. The number of halogens is 4. The molecule has 0 aliphatic heterocycles. The summed E-state index contributed by atoms with van der Waals surface area (Å²) >= 11 is 0. The summed E-state index contributed by atoms with van der Waals surface area (Å²) in [5.41, 5.74) is -2.48. The molecule has 5 nitrogen and oxygen atoms in total. The highest BCUT2D eigenvalue weighted by molar-refractivity contribution is 6.04. The van der Waals surface area contributed by atoms with Gasteiger partial charge < -0.3 is 15.7 Å². The molecule has 0 unspecified atom stereocenters. The summed E-state index contributed by atoms with van der Waals surface area (Å²) in [6, 6.07) is 5.96. The Morgan fingerprint density at radius 1 is 1.03 bits per heavy atom. The minimum absolute atomic E-state index is 0.217. The first-order valence-electron chi connectivity index (χ1n) is 8.56. The van der Waals surface area contributed by atoms with Gasteiger partial charge in [0.25, 0.3) is 11.8 Å². The number of aryl methyl sites for hydroxylation is 1. The van der Waals surface area contributed by atoms with Crippen molar-refractivity contribution >= 4 is 17.5 Å². The minimum atomic E-state index is -4.29. The molecule has 0 aliphatic rings. The Balaban J connectivity index is 2.31. The summed E-state index contributed by atoms with van der Waals surface area (Å²) in [5, 5.41) is 13.4. The summed E-state index contributed by atoms with van der Waals surface area (Å²) in [6.07, 6.45) is 0. The number of aliphatic hydroxyl groups excluding tert-OH is 1. The lowest BCUT2D eigenvalue weighted by Crippen LogP contribution is -2.51. The van der Waals surface area contributed by atoms with Crippen LogP contribution in [0.3, 0.4) is 0 Å². The molecule has 0 bridgehead atoms. The molecular formula is C20H20F4N2O3. The zero-order chi connectivity index (χ0) is 22.0. The molecule has 0 atom stereocenters. The number of rotatable bonds is 6. The number of hydrogen-bond donors (Lipinski definition) is 3. The second kappa shape index (κ2) is 8.20. The van der Waals surface area contributed by atoms with Gasteiger partial charge in [-0.1, -0.05) is 0 Å². The molecule has 3 N–H and O–H groups in total. The lowest BCUT2D eigenvalue weighted by Gasteiger charge is -2.27. The van der Waals surface area contributed by atoms with Crippen LogP contribution in [0.4, 0.5) is 23.2 Å². The summed E-state index contributed by atoms with van der Waals surface area (Å²) < 4.78 is 56.4. The van der Waals surface area contributed by atoms with E-state index >= 15 is 0 Å². The van der Waals surface area contributed by atoms with Crippen LogP contribution in [-0.4, -0.2) is 29.1 Å². The van der Waals surface area contributed by atoms with Crippen LogP contribution in [0.2, 0.25) is 0 Å². The van der Waals surface area contributed by atoms with E-state index in [-0.39, 0.29) is 16.8 Å². The Labute approximate surface area is 164 Å². The molecule has 9 heteroatoms. The van der Waals surface area contributed by atoms with Crippen LogP contribution in [0, 0.1) is 18.6 Å². The van der Waals surface area contributed by atoms with Crippen LogP contribution < -0.4 is 10.6 Å². The van der Waals surface area contributed by atoms with Crippen LogP contribution in [0.25, 0.3) is 0 Å². The number of anilines is 1. The van der Waals surface area contributed by atoms with Crippen LogP contribution in [-0.2, 0) is 10.7 Å². The van der Waals surface area contributed by atoms with Gasteiger partial charge in [0, 0.05) is 11.3 Å².